The first-order chi connectivity index (χ1) is 12.1. The molecule has 1 aliphatic carbocycles. The molecule has 0 saturated carbocycles. The Hall–Kier alpha value is -2.05. The van der Waals surface area contributed by atoms with Gasteiger partial charge in [0.25, 0.3) is 0 Å². The van der Waals surface area contributed by atoms with Gasteiger partial charge in [0, 0.05) is 36.4 Å². The Kier molecular flexibility index (Phi) is 4.39. The highest BCUT2D eigenvalue weighted by molar-refractivity contribution is 7.19. The van der Waals surface area contributed by atoms with E-state index in [2.05, 4.69) is 9.88 Å². The second kappa shape index (κ2) is 6.69. The normalized spacial score (nSPS) is 15.2. The lowest BCUT2D eigenvalue weighted by molar-refractivity contribution is 0.201. The number of hydrogen-bond donors (Lipinski definition) is 1. The number of likely N-dealkylation sites (N-methyl/N-ethyl adjacent to an activating group) is 1. The van der Waals surface area contributed by atoms with E-state index in [1.807, 2.05) is 19.2 Å². The van der Waals surface area contributed by atoms with Crippen molar-refractivity contribution in [3.63, 3.8) is 0 Å². The minimum atomic E-state index is -0.411. The molecule has 4 rings (SSSR count). The Morgan fingerprint density at radius 3 is 2.88 bits per heavy atom. The fourth-order valence-corrected chi connectivity index (χ4v) is 4.78. The molecule has 3 heterocycles. The molecule has 3 aromatic rings. The quantitative estimate of drug-likeness (QED) is 0.777. The maximum absolute atomic E-state index is 9.84. The zero-order valence-electron chi connectivity index (χ0n) is 14.6. The van der Waals surface area contributed by atoms with Gasteiger partial charge in [-0.1, -0.05) is 0 Å². The summed E-state index contributed by atoms with van der Waals surface area (Å²) >= 11 is 1.80. The van der Waals surface area contributed by atoms with E-state index in [1.54, 1.807) is 30.7 Å². The number of aliphatic hydroxyl groups excluding tert-OH is 1. The number of aryl methyl sites for hydroxylation is 2. The molecule has 1 aliphatic rings. The summed E-state index contributed by atoms with van der Waals surface area (Å²) in [5.74, 6) is 1.62. The van der Waals surface area contributed by atoms with Crippen LogP contribution in [-0.2, 0) is 12.8 Å². The van der Waals surface area contributed by atoms with E-state index in [4.69, 9.17) is 9.97 Å². The molecule has 0 spiro atoms. The van der Waals surface area contributed by atoms with E-state index in [9.17, 15) is 5.11 Å². The van der Waals surface area contributed by atoms with Crippen molar-refractivity contribution in [2.75, 3.05) is 18.5 Å². The summed E-state index contributed by atoms with van der Waals surface area (Å²) in [7, 11) is 1.99. The Morgan fingerprint density at radius 1 is 1.28 bits per heavy atom. The van der Waals surface area contributed by atoms with Gasteiger partial charge in [-0.15, -0.1) is 11.3 Å². The third-order valence-electron chi connectivity index (χ3n) is 4.61. The maximum atomic E-state index is 9.84. The zero-order valence-corrected chi connectivity index (χ0v) is 15.4. The van der Waals surface area contributed by atoms with Gasteiger partial charge in [0.2, 0.25) is 0 Å². The molecule has 6 heteroatoms. The van der Waals surface area contributed by atoms with Gasteiger partial charge < -0.3 is 10.0 Å². The summed E-state index contributed by atoms with van der Waals surface area (Å²) in [6, 6.07) is 3.89. The second-order valence-electron chi connectivity index (χ2n) is 6.73. The van der Waals surface area contributed by atoms with Crippen molar-refractivity contribution >= 4 is 27.4 Å². The first-order valence-corrected chi connectivity index (χ1v) is 9.57. The molecule has 1 N–H and O–H groups in total. The van der Waals surface area contributed by atoms with Crippen LogP contribution in [0.1, 0.15) is 30.2 Å². The molecule has 3 aromatic heterocycles. The molecule has 0 aliphatic heterocycles. The first kappa shape index (κ1) is 16.4. The van der Waals surface area contributed by atoms with Crippen molar-refractivity contribution < 1.29 is 5.11 Å². The summed E-state index contributed by atoms with van der Waals surface area (Å²) in [5, 5.41) is 11.0. The van der Waals surface area contributed by atoms with Gasteiger partial charge in [0.1, 0.15) is 10.6 Å². The van der Waals surface area contributed by atoms with E-state index < -0.39 is 6.10 Å². The third-order valence-corrected chi connectivity index (χ3v) is 5.80. The Morgan fingerprint density at radius 2 is 2.12 bits per heavy atom. The van der Waals surface area contributed by atoms with Crippen LogP contribution in [0.5, 0.6) is 0 Å². The van der Waals surface area contributed by atoms with Gasteiger partial charge >= 0.3 is 0 Å². The molecule has 0 saturated heterocycles. The van der Waals surface area contributed by atoms with Crippen LogP contribution < -0.4 is 4.90 Å². The highest BCUT2D eigenvalue weighted by Crippen LogP contribution is 2.40. The number of fused-ring (bicyclic) bond motifs is 3. The molecule has 5 nitrogen and oxygen atoms in total. The number of aliphatic hydroxyl groups is 1. The van der Waals surface area contributed by atoms with E-state index >= 15 is 0 Å². The van der Waals surface area contributed by atoms with Crippen molar-refractivity contribution in [2.45, 2.75) is 38.7 Å². The molecular weight excluding hydrogens is 332 g/mol. The van der Waals surface area contributed by atoms with E-state index in [1.165, 1.54) is 28.7 Å². The Balaban J connectivity index is 1.92. The van der Waals surface area contributed by atoms with Crippen molar-refractivity contribution in [3.8, 4) is 11.4 Å². The maximum Gasteiger partial charge on any atom is 0.164 e. The number of aromatic nitrogens is 3. The molecule has 0 aromatic carbocycles. The van der Waals surface area contributed by atoms with Crippen molar-refractivity contribution in [1.29, 1.82) is 0 Å². The average Bonchev–Trinajstić information content (AvgIpc) is 2.99. The Labute approximate surface area is 151 Å². The molecule has 1 unspecified atom stereocenters. The van der Waals surface area contributed by atoms with Crippen LogP contribution >= 0.6 is 11.3 Å². The summed E-state index contributed by atoms with van der Waals surface area (Å²) in [6.45, 7) is 2.35. The van der Waals surface area contributed by atoms with Crippen molar-refractivity contribution in [1.82, 2.24) is 15.0 Å². The predicted octanol–water partition coefficient (Wildman–Crippen LogP) is 3.45. The van der Waals surface area contributed by atoms with Crippen molar-refractivity contribution in [2.24, 2.45) is 0 Å². The summed E-state index contributed by atoms with van der Waals surface area (Å²) < 4.78 is 0. The van der Waals surface area contributed by atoms with Gasteiger partial charge in [0.15, 0.2) is 5.82 Å². The average molecular weight is 354 g/mol. The molecule has 1 atom stereocenters. The minimum Gasteiger partial charge on any atom is -0.392 e. The monoisotopic (exact) mass is 354 g/mol. The fraction of sp³-hybridized carbons (Fsp3) is 0.421. The van der Waals surface area contributed by atoms with Crippen LogP contribution in [0.25, 0.3) is 21.6 Å². The molecule has 130 valence electrons. The van der Waals surface area contributed by atoms with E-state index in [0.717, 1.165) is 29.1 Å². The minimum absolute atomic E-state index is 0.411. The summed E-state index contributed by atoms with van der Waals surface area (Å²) in [5.41, 5.74) is 2.33. The fourth-order valence-electron chi connectivity index (χ4n) is 3.52. The highest BCUT2D eigenvalue weighted by Gasteiger charge is 2.23. The topological polar surface area (TPSA) is 62.1 Å². The van der Waals surface area contributed by atoms with Gasteiger partial charge in [-0.2, -0.15) is 0 Å². The van der Waals surface area contributed by atoms with Crippen LogP contribution in [0.2, 0.25) is 0 Å². The largest absolute Gasteiger partial charge is 0.392 e. The molecule has 0 radical (unpaired) electrons. The van der Waals surface area contributed by atoms with Crippen LogP contribution in [0.4, 0.5) is 5.82 Å². The van der Waals surface area contributed by atoms with E-state index in [0.29, 0.717) is 12.4 Å². The van der Waals surface area contributed by atoms with Crippen LogP contribution in [0.15, 0.2) is 24.5 Å². The van der Waals surface area contributed by atoms with Gasteiger partial charge in [-0.05, 0) is 50.3 Å². The van der Waals surface area contributed by atoms with Crippen LogP contribution in [0, 0.1) is 0 Å². The second-order valence-corrected chi connectivity index (χ2v) is 7.82. The molecule has 0 amide bonds. The number of nitrogens with zero attached hydrogens (tertiary/aromatic N) is 4. The lowest BCUT2D eigenvalue weighted by atomic mass is 9.97. The number of rotatable bonds is 4. The van der Waals surface area contributed by atoms with Crippen LogP contribution in [-0.4, -0.2) is 39.8 Å². The number of anilines is 1. The van der Waals surface area contributed by atoms with Gasteiger partial charge in [0.05, 0.1) is 11.5 Å². The van der Waals surface area contributed by atoms with Crippen molar-refractivity contribution in [3.05, 3.63) is 35.0 Å². The van der Waals surface area contributed by atoms with Crippen LogP contribution in [0.3, 0.4) is 0 Å². The number of pyridine rings is 1. The SMILES string of the molecule is CC(O)CN(C)c1nc(-c2cccnc2)nc2sc3c(c12)CCCC3. The summed E-state index contributed by atoms with van der Waals surface area (Å²) in [6.07, 6.45) is 7.86. The molecule has 0 bridgehead atoms. The van der Waals surface area contributed by atoms with E-state index in [-0.39, 0.29) is 0 Å². The zero-order chi connectivity index (χ0) is 17.4. The van der Waals surface area contributed by atoms with Gasteiger partial charge in [-0.25, -0.2) is 9.97 Å². The smallest absolute Gasteiger partial charge is 0.164 e. The highest BCUT2D eigenvalue weighted by atomic mass is 32.1. The number of hydrogen-bond acceptors (Lipinski definition) is 6. The molecule has 25 heavy (non-hydrogen) atoms. The third kappa shape index (κ3) is 3.12. The lowest BCUT2D eigenvalue weighted by Crippen LogP contribution is -2.28. The van der Waals surface area contributed by atoms with Gasteiger partial charge in [-0.3, -0.25) is 4.98 Å². The molecule has 0 fully saturated rings. The standard InChI is InChI=1S/C19H22N4OS/c1-12(24)11-23(2)18-16-14-7-3-4-8-15(14)25-19(16)22-17(21-18)13-6-5-9-20-10-13/h5-6,9-10,12,24H,3-4,7-8,11H2,1-2H3. The first-order valence-electron chi connectivity index (χ1n) is 8.75. The summed E-state index contributed by atoms with van der Waals surface area (Å²) in [4.78, 5) is 18.5. The predicted molar refractivity (Wildman–Crippen MR) is 102 cm³/mol. The number of thiophene rings is 1. The molecular formula is C19H22N4OS. The Bertz CT molecular complexity index is 891. The lowest BCUT2D eigenvalue weighted by Gasteiger charge is -2.22.